The van der Waals surface area contributed by atoms with Crippen LogP contribution in [0.1, 0.15) is 28.1 Å². The molecule has 0 spiro atoms. The van der Waals surface area contributed by atoms with Gasteiger partial charge in [0.1, 0.15) is 24.3 Å². The molecule has 0 radical (unpaired) electrons. The third-order valence-electron chi connectivity index (χ3n) is 4.75. The lowest BCUT2D eigenvalue weighted by molar-refractivity contribution is 0.305. The van der Waals surface area contributed by atoms with Crippen LogP contribution in [0.2, 0.25) is 0 Å². The van der Waals surface area contributed by atoms with E-state index in [9.17, 15) is 5.26 Å². The summed E-state index contributed by atoms with van der Waals surface area (Å²) in [6, 6.07) is 24.2. The molecule has 1 aromatic heterocycles. The van der Waals surface area contributed by atoms with Crippen LogP contribution in [0.25, 0.3) is 22.7 Å². The van der Waals surface area contributed by atoms with E-state index in [1.807, 2.05) is 55.5 Å². The highest BCUT2D eigenvalue weighted by atomic mass is 16.5. The number of imidazole rings is 1. The number of aromatic amines is 1. The third-order valence-corrected chi connectivity index (χ3v) is 4.75. The number of benzene rings is 3. The molecular weight excluding hydrogens is 358 g/mol. The highest BCUT2D eigenvalue weighted by Gasteiger charge is 2.10. The van der Waals surface area contributed by atoms with Crippen LogP contribution in [0, 0.1) is 25.2 Å². The van der Waals surface area contributed by atoms with Crippen molar-refractivity contribution in [3.8, 4) is 11.8 Å². The maximum atomic E-state index is 9.73. The van der Waals surface area contributed by atoms with E-state index in [0.29, 0.717) is 18.0 Å². The maximum Gasteiger partial charge on any atom is 0.149 e. The average Bonchev–Trinajstić information content (AvgIpc) is 3.15. The van der Waals surface area contributed by atoms with Crippen LogP contribution in [0.3, 0.4) is 0 Å². The molecule has 1 N–H and O–H groups in total. The second kappa shape index (κ2) is 8.04. The van der Waals surface area contributed by atoms with Crippen LogP contribution in [0.4, 0.5) is 0 Å². The van der Waals surface area contributed by atoms with Gasteiger partial charge in [0.2, 0.25) is 0 Å². The van der Waals surface area contributed by atoms with Gasteiger partial charge in [-0.25, -0.2) is 4.98 Å². The number of allylic oxidation sites excluding steroid dienone is 1. The van der Waals surface area contributed by atoms with Crippen LogP contribution >= 0.6 is 0 Å². The number of aromatic nitrogens is 2. The van der Waals surface area contributed by atoms with Crippen LogP contribution in [0.5, 0.6) is 5.75 Å². The number of fused-ring (bicyclic) bond motifs is 1. The number of aryl methyl sites for hydroxylation is 2. The largest absolute Gasteiger partial charge is 0.488 e. The molecule has 4 rings (SSSR count). The summed E-state index contributed by atoms with van der Waals surface area (Å²) in [7, 11) is 0. The summed E-state index contributed by atoms with van der Waals surface area (Å²) in [5.41, 5.74) is 6.53. The molecule has 0 aliphatic carbocycles. The third kappa shape index (κ3) is 4.20. The van der Waals surface area contributed by atoms with E-state index >= 15 is 0 Å². The number of nitriles is 1. The van der Waals surface area contributed by atoms with Gasteiger partial charge in [0.05, 0.1) is 16.6 Å². The summed E-state index contributed by atoms with van der Waals surface area (Å²) in [5, 5.41) is 9.73. The number of para-hydroxylation sites is 1. The van der Waals surface area contributed by atoms with E-state index in [2.05, 4.69) is 47.2 Å². The molecule has 0 unspecified atom stereocenters. The fraction of sp³-hybridized carbons (Fsp3) is 0.120. The first kappa shape index (κ1) is 18.5. The van der Waals surface area contributed by atoms with Crippen molar-refractivity contribution in [1.29, 1.82) is 5.26 Å². The van der Waals surface area contributed by atoms with Crippen molar-refractivity contribution < 1.29 is 4.74 Å². The molecule has 0 fully saturated rings. The predicted molar refractivity (Wildman–Crippen MR) is 116 cm³/mol. The van der Waals surface area contributed by atoms with E-state index < -0.39 is 0 Å². The zero-order chi connectivity index (χ0) is 20.2. The Balaban J connectivity index is 1.63. The van der Waals surface area contributed by atoms with Crippen molar-refractivity contribution in [3.05, 3.63) is 94.8 Å². The fourth-order valence-electron chi connectivity index (χ4n) is 3.14. The standard InChI is InChI=1S/C25H21N3O/c1-17-7-10-19(11-8-17)16-29-24-6-4-3-5-20(24)14-21(15-26)25-27-22-12-9-18(2)13-23(22)28-25/h3-14H,16H2,1-2H3,(H,27,28)/b21-14-. The van der Waals surface area contributed by atoms with Crippen molar-refractivity contribution in [2.24, 2.45) is 0 Å². The first-order chi connectivity index (χ1) is 14.1. The highest BCUT2D eigenvalue weighted by Crippen LogP contribution is 2.26. The summed E-state index contributed by atoms with van der Waals surface area (Å²) >= 11 is 0. The Morgan fingerprint density at radius 1 is 1.03 bits per heavy atom. The van der Waals surface area contributed by atoms with Crippen LogP contribution in [-0.4, -0.2) is 9.97 Å². The second-order valence-electron chi connectivity index (χ2n) is 7.09. The lowest BCUT2D eigenvalue weighted by Gasteiger charge is -2.10. The van der Waals surface area contributed by atoms with Gasteiger partial charge < -0.3 is 9.72 Å². The monoisotopic (exact) mass is 379 g/mol. The molecule has 1 heterocycles. The number of ether oxygens (including phenoxy) is 1. The number of H-pyrrole nitrogens is 1. The Hall–Kier alpha value is -3.84. The number of nitrogens with one attached hydrogen (secondary N) is 1. The summed E-state index contributed by atoms with van der Waals surface area (Å²) in [4.78, 5) is 7.81. The van der Waals surface area contributed by atoms with Gasteiger partial charge in [-0.3, -0.25) is 0 Å². The summed E-state index contributed by atoms with van der Waals surface area (Å²) in [6.45, 7) is 4.56. The minimum atomic E-state index is 0.463. The molecule has 3 aromatic carbocycles. The normalized spacial score (nSPS) is 11.4. The minimum Gasteiger partial charge on any atom is -0.488 e. The quantitative estimate of drug-likeness (QED) is 0.444. The molecule has 0 amide bonds. The first-order valence-electron chi connectivity index (χ1n) is 9.48. The van der Waals surface area contributed by atoms with E-state index in [1.54, 1.807) is 0 Å². The smallest absolute Gasteiger partial charge is 0.149 e. The summed E-state index contributed by atoms with van der Waals surface area (Å²) in [6.07, 6.45) is 1.81. The fourth-order valence-corrected chi connectivity index (χ4v) is 3.14. The molecule has 142 valence electrons. The van der Waals surface area contributed by atoms with Gasteiger partial charge in [-0.15, -0.1) is 0 Å². The zero-order valence-corrected chi connectivity index (χ0v) is 16.4. The van der Waals surface area contributed by atoms with Crippen molar-refractivity contribution in [2.45, 2.75) is 20.5 Å². The SMILES string of the molecule is Cc1ccc(COc2ccccc2/C=C(/C#N)c2nc3ccc(C)cc3[nH]2)cc1. The molecule has 0 aliphatic heterocycles. The van der Waals surface area contributed by atoms with Gasteiger partial charge in [0.25, 0.3) is 0 Å². The van der Waals surface area contributed by atoms with Gasteiger partial charge in [-0.1, -0.05) is 54.1 Å². The Morgan fingerprint density at radius 3 is 2.59 bits per heavy atom. The van der Waals surface area contributed by atoms with E-state index in [-0.39, 0.29) is 0 Å². The topological polar surface area (TPSA) is 61.7 Å². The van der Waals surface area contributed by atoms with E-state index in [4.69, 9.17) is 4.74 Å². The van der Waals surface area contributed by atoms with E-state index in [1.165, 1.54) is 5.56 Å². The Morgan fingerprint density at radius 2 is 1.79 bits per heavy atom. The summed E-state index contributed by atoms with van der Waals surface area (Å²) < 4.78 is 6.03. The van der Waals surface area contributed by atoms with Crippen molar-refractivity contribution in [1.82, 2.24) is 9.97 Å². The molecule has 0 saturated carbocycles. The zero-order valence-electron chi connectivity index (χ0n) is 16.4. The van der Waals surface area contributed by atoms with Crippen LogP contribution < -0.4 is 4.74 Å². The molecule has 0 aliphatic rings. The van der Waals surface area contributed by atoms with Gasteiger partial charge in [0, 0.05) is 5.56 Å². The first-order valence-corrected chi connectivity index (χ1v) is 9.48. The second-order valence-corrected chi connectivity index (χ2v) is 7.09. The number of nitrogens with zero attached hydrogens (tertiary/aromatic N) is 2. The molecule has 0 atom stereocenters. The molecule has 29 heavy (non-hydrogen) atoms. The number of hydrogen-bond donors (Lipinski definition) is 1. The Bertz CT molecular complexity index is 1230. The van der Waals surface area contributed by atoms with Crippen molar-refractivity contribution in [2.75, 3.05) is 0 Å². The molecule has 4 heteroatoms. The number of hydrogen-bond acceptors (Lipinski definition) is 3. The van der Waals surface area contributed by atoms with Gasteiger partial charge >= 0.3 is 0 Å². The maximum absolute atomic E-state index is 9.73. The van der Waals surface area contributed by atoms with Crippen molar-refractivity contribution in [3.63, 3.8) is 0 Å². The summed E-state index contributed by atoms with van der Waals surface area (Å²) in [5.74, 6) is 1.29. The highest BCUT2D eigenvalue weighted by molar-refractivity contribution is 5.91. The minimum absolute atomic E-state index is 0.463. The molecule has 0 saturated heterocycles. The lowest BCUT2D eigenvalue weighted by Crippen LogP contribution is -1.97. The van der Waals surface area contributed by atoms with Gasteiger partial charge in [0.15, 0.2) is 0 Å². The average molecular weight is 379 g/mol. The predicted octanol–water partition coefficient (Wildman–Crippen LogP) is 5.82. The molecule has 4 nitrogen and oxygen atoms in total. The van der Waals surface area contributed by atoms with Gasteiger partial charge in [-0.2, -0.15) is 5.26 Å². The molecule has 4 aromatic rings. The Labute approximate surface area is 170 Å². The molecule has 0 bridgehead atoms. The van der Waals surface area contributed by atoms with Crippen LogP contribution in [-0.2, 0) is 6.61 Å². The Kier molecular flexibility index (Phi) is 5.13. The number of rotatable bonds is 5. The van der Waals surface area contributed by atoms with E-state index in [0.717, 1.165) is 33.5 Å². The van der Waals surface area contributed by atoms with Gasteiger partial charge in [-0.05, 0) is 49.2 Å². The molecular formula is C25H21N3O. The van der Waals surface area contributed by atoms with Crippen molar-refractivity contribution >= 4 is 22.7 Å². The van der Waals surface area contributed by atoms with Crippen LogP contribution in [0.15, 0.2) is 66.7 Å². The lowest BCUT2D eigenvalue weighted by atomic mass is 10.1.